The van der Waals surface area contributed by atoms with E-state index in [1.807, 2.05) is 24.3 Å². The van der Waals surface area contributed by atoms with Gasteiger partial charge >= 0.3 is 0 Å². The molecule has 150 valence electrons. The molecule has 1 heterocycles. The number of aromatic nitrogens is 1. The van der Waals surface area contributed by atoms with Crippen LogP contribution in [0.3, 0.4) is 0 Å². The summed E-state index contributed by atoms with van der Waals surface area (Å²) in [6.45, 7) is 0. The highest BCUT2D eigenvalue weighted by atomic mass is 32.1. The number of hydrogen-bond donors (Lipinski definition) is 1. The molecule has 1 aromatic heterocycles. The Kier molecular flexibility index (Phi) is 5.15. The first-order valence-electron chi connectivity index (χ1n) is 10.5. The van der Waals surface area contributed by atoms with E-state index in [1.54, 1.807) is 6.07 Å². The Morgan fingerprint density at radius 2 is 1.76 bits per heavy atom. The molecule has 0 saturated heterocycles. The van der Waals surface area contributed by atoms with E-state index in [9.17, 15) is 4.79 Å². The molecule has 29 heavy (non-hydrogen) atoms. The Morgan fingerprint density at radius 1 is 0.931 bits per heavy atom. The average molecular weight is 408 g/mol. The maximum absolute atomic E-state index is 11.4. The third-order valence-electron chi connectivity index (χ3n) is 5.96. The maximum atomic E-state index is 11.4. The second-order valence-electron chi connectivity index (χ2n) is 7.95. The van der Waals surface area contributed by atoms with Crippen LogP contribution in [-0.4, -0.2) is 10.5 Å². The number of fused-ring (bicyclic) bond motifs is 1. The maximum Gasteiger partial charge on any atom is 0.258 e. The molecule has 1 unspecified atom stereocenters. The predicted molar refractivity (Wildman–Crippen MR) is 116 cm³/mol. The van der Waals surface area contributed by atoms with Gasteiger partial charge in [-0.05, 0) is 80.0 Å². The number of H-pyrrole nitrogens is 1. The number of nitrogens with one attached hydrogen (secondary N) is 1. The molecular formula is C24H25NO3S. The summed E-state index contributed by atoms with van der Waals surface area (Å²) in [5.74, 6) is 1.91. The number of ether oxygens (including phenoxy) is 2. The minimum atomic E-state index is -0.0564. The molecule has 1 fully saturated rings. The third kappa shape index (κ3) is 3.97. The molecule has 1 atom stereocenters. The van der Waals surface area contributed by atoms with Gasteiger partial charge < -0.3 is 9.47 Å². The zero-order chi connectivity index (χ0) is 19.6. The minimum absolute atomic E-state index is 0.0564. The van der Waals surface area contributed by atoms with E-state index >= 15 is 0 Å². The van der Waals surface area contributed by atoms with Crippen molar-refractivity contribution in [2.24, 2.45) is 0 Å². The van der Waals surface area contributed by atoms with Crippen molar-refractivity contribution in [2.75, 3.05) is 0 Å². The molecule has 1 saturated carbocycles. The lowest BCUT2D eigenvalue weighted by atomic mass is 9.97. The number of benzene rings is 2. The summed E-state index contributed by atoms with van der Waals surface area (Å²) >= 11 is 1.36. The van der Waals surface area contributed by atoms with Crippen molar-refractivity contribution in [1.82, 2.24) is 4.37 Å². The summed E-state index contributed by atoms with van der Waals surface area (Å²) in [5.41, 5.74) is 3.54. The molecule has 4 nitrogen and oxygen atoms in total. The molecule has 0 radical (unpaired) electrons. The summed E-state index contributed by atoms with van der Waals surface area (Å²) in [5, 5.41) is 0. The standard InChI is InChI=1S/C24H25NO3S/c26-24-15-23(29-25-24)16-9-11-18(12-10-16)28-22-14-13-20-19(22)7-4-8-21(20)27-17-5-2-1-3-6-17/h4,7-12,15,17,22H,1-3,5-6,13-14H2,(H,25,26). The molecule has 0 bridgehead atoms. The van der Waals surface area contributed by atoms with Crippen molar-refractivity contribution in [3.8, 4) is 21.9 Å². The molecule has 2 aliphatic carbocycles. The second kappa shape index (κ2) is 8.07. The van der Waals surface area contributed by atoms with Crippen molar-refractivity contribution in [3.63, 3.8) is 0 Å². The minimum Gasteiger partial charge on any atom is -0.490 e. The van der Waals surface area contributed by atoms with Crippen LogP contribution in [0.25, 0.3) is 10.4 Å². The van der Waals surface area contributed by atoms with Crippen LogP contribution >= 0.6 is 11.5 Å². The van der Waals surface area contributed by atoms with Crippen molar-refractivity contribution in [3.05, 3.63) is 70.0 Å². The summed E-state index contributed by atoms with van der Waals surface area (Å²) in [6, 6.07) is 16.0. The Balaban J connectivity index is 1.30. The Bertz CT molecular complexity index is 1030. The van der Waals surface area contributed by atoms with E-state index in [4.69, 9.17) is 9.47 Å². The lowest BCUT2D eigenvalue weighted by molar-refractivity contribution is 0.153. The topological polar surface area (TPSA) is 51.3 Å². The van der Waals surface area contributed by atoms with Crippen molar-refractivity contribution in [1.29, 1.82) is 0 Å². The Morgan fingerprint density at radius 3 is 2.52 bits per heavy atom. The van der Waals surface area contributed by atoms with Gasteiger partial charge in [-0.2, -0.15) is 0 Å². The largest absolute Gasteiger partial charge is 0.490 e. The molecule has 2 aromatic carbocycles. The van der Waals surface area contributed by atoms with Crippen LogP contribution in [0.4, 0.5) is 0 Å². The van der Waals surface area contributed by atoms with Crippen molar-refractivity contribution < 1.29 is 9.47 Å². The van der Waals surface area contributed by atoms with Crippen LogP contribution in [0.15, 0.2) is 53.3 Å². The normalized spacial score (nSPS) is 19.1. The smallest absolute Gasteiger partial charge is 0.258 e. The fourth-order valence-electron chi connectivity index (χ4n) is 4.47. The SMILES string of the molecule is O=c1cc(-c2ccc(OC3CCc4c(OC5CCCCC5)cccc43)cc2)s[nH]1. The molecule has 0 amide bonds. The van der Waals surface area contributed by atoms with Gasteiger partial charge in [-0.25, -0.2) is 0 Å². The molecule has 0 aliphatic heterocycles. The van der Waals surface area contributed by atoms with Crippen LogP contribution < -0.4 is 15.0 Å². The number of hydrogen-bond acceptors (Lipinski definition) is 4. The Hall–Kier alpha value is -2.53. The summed E-state index contributed by atoms with van der Waals surface area (Å²) < 4.78 is 15.4. The zero-order valence-corrected chi connectivity index (χ0v) is 17.2. The Labute approximate surface area is 174 Å². The van der Waals surface area contributed by atoms with Crippen LogP contribution in [-0.2, 0) is 6.42 Å². The molecule has 1 N–H and O–H groups in total. The van der Waals surface area contributed by atoms with Gasteiger partial charge in [0.2, 0.25) is 0 Å². The highest BCUT2D eigenvalue weighted by Crippen LogP contribution is 2.40. The molecule has 0 spiro atoms. The van der Waals surface area contributed by atoms with Gasteiger partial charge in [0, 0.05) is 11.6 Å². The van der Waals surface area contributed by atoms with Crippen LogP contribution in [0.1, 0.15) is 55.8 Å². The first-order chi connectivity index (χ1) is 14.3. The monoisotopic (exact) mass is 407 g/mol. The molecule has 2 aliphatic rings. The van der Waals surface area contributed by atoms with E-state index in [-0.39, 0.29) is 11.7 Å². The van der Waals surface area contributed by atoms with E-state index in [1.165, 1.54) is 54.8 Å². The zero-order valence-electron chi connectivity index (χ0n) is 16.4. The van der Waals surface area contributed by atoms with Gasteiger partial charge in [-0.15, -0.1) is 0 Å². The summed E-state index contributed by atoms with van der Waals surface area (Å²) in [7, 11) is 0. The second-order valence-corrected chi connectivity index (χ2v) is 8.80. The summed E-state index contributed by atoms with van der Waals surface area (Å²) in [4.78, 5) is 12.3. The van der Waals surface area contributed by atoms with Gasteiger partial charge in [0.25, 0.3) is 5.56 Å². The highest BCUT2D eigenvalue weighted by molar-refractivity contribution is 7.09. The van der Waals surface area contributed by atoms with Gasteiger partial charge in [-0.3, -0.25) is 9.17 Å². The summed E-state index contributed by atoms with van der Waals surface area (Å²) in [6.07, 6.45) is 8.64. The first-order valence-corrected chi connectivity index (χ1v) is 11.3. The van der Waals surface area contributed by atoms with Crippen molar-refractivity contribution >= 4 is 11.5 Å². The molecule has 3 aromatic rings. The van der Waals surface area contributed by atoms with Crippen molar-refractivity contribution in [2.45, 2.75) is 57.2 Å². The van der Waals surface area contributed by atoms with Crippen LogP contribution in [0, 0.1) is 0 Å². The van der Waals surface area contributed by atoms with E-state index < -0.39 is 0 Å². The fraction of sp³-hybridized carbons (Fsp3) is 0.375. The lowest BCUT2D eigenvalue weighted by Crippen LogP contribution is -2.20. The highest BCUT2D eigenvalue weighted by Gasteiger charge is 2.28. The molecule has 5 rings (SSSR count). The average Bonchev–Trinajstić information content (AvgIpc) is 3.37. The fourth-order valence-corrected chi connectivity index (χ4v) is 5.16. The number of rotatable bonds is 5. The van der Waals surface area contributed by atoms with Gasteiger partial charge in [0.15, 0.2) is 0 Å². The van der Waals surface area contributed by atoms with E-state index in [0.29, 0.717) is 6.10 Å². The van der Waals surface area contributed by atoms with E-state index in [2.05, 4.69) is 22.6 Å². The molecule has 5 heteroatoms. The third-order valence-corrected chi connectivity index (χ3v) is 6.84. The van der Waals surface area contributed by atoms with E-state index in [0.717, 1.165) is 34.8 Å². The van der Waals surface area contributed by atoms with Crippen LogP contribution in [0.5, 0.6) is 11.5 Å². The molecular weight excluding hydrogens is 382 g/mol. The predicted octanol–water partition coefficient (Wildman–Crippen LogP) is 5.88. The quantitative estimate of drug-likeness (QED) is 0.574. The first kappa shape index (κ1) is 18.5. The van der Waals surface area contributed by atoms with Crippen LogP contribution in [0.2, 0.25) is 0 Å². The van der Waals surface area contributed by atoms with Gasteiger partial charge in [-0.1, -0.05) is 30.1 Å². The number of aromatic amines is 1. The van der Waals surface area contributed by atoms with Gasteiger partial charge in [0.1, 0.15) is 17.6 Å². The lowest BCUT2D eigenvalue weighted by Gasteiger charge is -2.24. The van der Waals surface area contributed by atoms with Gasteiger partial charge in [0.05, 0.1) is 11.0 Å².